The van der Waals surface area contributed by atoms with Crippen molar-refractivity contribution >= 4 is 17.5 Å². The molecular weight excluding hydrogens is 450 g/mol. The van der Waals surface area contributed by atoms with E-state index in [-0.39, 0.29) is 23.9 Å². The molecule has 1 spiro atoms. The summed E-state index contributed by atoms with van der Waals surface area (Å²) in [7, 11) is 0. The third kappa shape index (κ3) is 3.49. The second kappa shape index (κ2) is 8.09. The fourth-order valence-electron chi connectivity index (χ4n) is 7.19. The zero-order chi connectivity index (χ0) is 24.6. The first kappa shape index (κ1) is 22.4. The standard InChI is InChI=1S/C29H37N5O2/c1-19-6-5-7-23(20(19)2)31-12-14-32(15-13-31)25(35)18-34-24-17-21-16-22(21)26(24)27(30-34)28(36)33-11-4-3-8-29(33)9-10-29/h5-7,21-22H,3-4,8-18H2,1-2H3/t21?,22-/m1/s1. The Morgan fingerprint density at radius 1 is 1.03 bits per heavy atom. The summed E-state index contributed by atoms with van der Waals surface area (Å²) < 4.78 is 1.90. The molecular formula is C29H37N5O2. The molecule has 3 aliphatic carbocycles. The summed E-state index contributed by atoms with van der Waals surface area (Å²) in [5, 5.41) is 4.86. The fraction of sp³-hybridized carbons (Fsp3) is 0.621. The highest BCUT2D eigenvalue weighted by Gasteiger charge is 2.54. The number of piperazine rings is 1. The van der Waals surface area contributed by atoms with E-state index in [1.54, 1.807) is 0 Å². The number of carbonyl (C=O) groups excluding carboxylic acids is 2. The lowest BCUT2D eigenvalue weighted by Gasteiger charge is -2.37. The van der Waals surface area contributed by atoms with E-state index in [0.717, 1.165) is 70.5 Å². The number of hydrogen-bond acceptors (Lipinski definition) is 4. The molecule has 0 bridgehead atoms. The van der Waals surface area contributed by atoms with Gasteiger partial charge in [0.15, 0.2) is 5.69 Å². The van der Waals surface area contributed by atoms with Gasteiger partial charge in [0, 0.05) is 55.2 Å². The smallest absolute Gasteiger partial charge is 0.275 e. The summed E-state index contributed by atoms with van der Waals surface area (Å²) in [5.41, 5.74) is 7.01. The minimum Gasteiger partial charge on any atom is -0.368 e. The number of hydrogen-bond donors (Lipinski definition) is 0. The Morgan fingerprint density at radius 2 is 1.83 bits per heavy atom. The summed E-state index contributed by atoms with van der Waals surface area (Å²) in [5.74, 6) is 1.40. The molecule has 1 aromatic heterocycles. The highest BCUT2D eigenvalue weighted by atomic mass is 16.2. The molecule has 7 heteroatoms. The Morgan fingerprint density at radius 3 is 2.61 bits per heavy atom. The lowest BCUT2D eigenvalue weighted by Crippen LogP contribution is -2.50. The van der Waals surface area contributed by atoms with Crippen LogP contribution in [0.2, 0.25) is 0 Å². The van der Waals surface area contributed by atoms with E-state index < -0.39 is 0 Å². The Balaban J connectivity index is 1.07. The first-order valence-electron chi connectivity index (χ1n) is 14.0. The van der Waals surface area contributed by atoms with E-state index in [4.69, 9.17) is 5.10 Å². The maximum absolute atomic E-state index is 13.8. The number of amides is 2. The van der Waals surface area contributed by atoms with Gasteiger partial charge in [-0.25, -0.2) is 0 Å². The lowest BCUT2D eigenvalue weighted by molar-refractivity contribution is -0.132. The highest BCUT2D eigenvalue weighted by molar-refractivity contribution is 5.95. The number of likely N-dealkylation sites (tertiary alicyclic amines) is 1. The Bertz CT molecular complexity index is 1240. The second-order valence-electron chi connectivity index (χ2n) is 11.9. The van der Waals surface area contributed by atoms with Crippen molar-refractivity contribution in [3.05, 3.63) is 46.3 Å². The molecule has 3 heterocycles. The number of nitrogens with zero attached hydrogens (tertiary/aromatic N) is 5. The van der Waals surface area contributed by atoms with Crippen molar-refractivity contribution in [3.8, 4) is 0 Å². The summed E-state index contributed by atoms with van der Waals surface area (Å²) >= 11 is 0. The van der Waals surface area contributed by atoms with Gasteiger partial charge in [0.25, 0.3) is 5.91 Å². The predicted octanol–water partition coefficient (Wildman–Crippen LogP) is 3.67. The van der Waals surface area contributed by atoms with Gasteiger partial charge in [0.05, 0.1) is 0 Å². The maximum atomic E-state index is 13.8. The van der Waals surface area contributed by atoms with Crippen molar-refractivity contribution in [1.29, 1.82) is 0 Å². The molecule has 2 saturated carbocycles. The number of piperidine rings is 1. The van der Waals surface area contributed by atoms with Crippen molar-refractivity contribution in [2.24, 2.45) is 5.92 Å². The van der Waals surface area contributed by atoms with Crippen molar-refractivity contribution in [2.75, 3.05) is 37.6 Å². The fourth-order valence-corrected chi connectivity index (χ4v) is 7.19. The van der Waals surface area contributed by atoms with Crippen LogP contribution in [-0.2, 0) is 17.8 Å². The van der Waals surface area contributed by atoms with Gasteiger partial charge in [-0.15, -0.1) is 0 Å². The van der Waals surface area contributed by atoms with Gasteiger partial charge in [0.1, 0.15) is 6.54 Å². The third-order valence-electron chi connectivity index (χ3n) is 9.80. The van der Waals surface area contributed by atoms with Crippen LogP contribution < -0.4 is 4.90 Å². The van der Waals surface area contributed by atoms with Gasteiger partial charge in [0.2, 0.25) is 5.91 Å². The minimum atomic E-state index is 0.110. The van der Waals surface area contributed by atoms with E-state index >= 15 is 0 Å². The van der Waals surface area contributed by atoms with Crippen LogP contribution in [0.25, 0.3) is 0 Å². The first-order chi connectivity index (χ1) is 17.4. The lowest BCUT2D eigenvalue weighted by atomic mass is 9.98. The van der Waals surface area contributed by atoms with E-state index in [9.17, 15) is 9.59 Å². The number of rotatable bonds is 4. The van der Waals surface area contributed by atoms with Crippen LogP contribution in [0.15, 0.2) is 18.2 Å². The molecule has 36 heavy (non-hydrogen) atoms. The van der Waals surface area contributed by atoms with E-state index in [0.29, 0.717) is 17.5 Å². The van der Waals surface area contributed by atoms with Gasteiger partial charge in [-0.3, -0.25) is 14.3 Å². The first-order valence-corrected chi connectivity index (χ1v) is 14.0. The number of aryl methyl sites for hydroxylation is 1. The molecule has 7 nitrogen and oxygen atoms in total. The molecule has 1 unspecified atom stereocenters. The van der Waals surface area contributed by atoms with Crippen LogP contribution in [0.3, 0.4) is 0 Å². The van der Waals surface area contributed by atoms with Crippen molar-refractivity contribution in [1.82, 2.24) is 19.6 Å². The molecule has 2 saturated heterocycles. The van der Waals surface area contributed by atoms with Gasteiger partial charge in [-0.05, 0) is 87.8 Å². The quantitative estimate of drug-likeness (QED) is 0.660. The van der Waals surface area contributed by atoms with Gasteiger partial charge < -0.3 is 14.7 Å². The number of carbonyl (C=O) groups is 2. The average molecular weight is 488 g/mol. The molecule has 5 aliphatic rings. The van der Waals surface area contributed by atoms with Crippen molar-refractivity contribution < 1.29 is 9.59 Å². The molecule has 0 N–H and O–H groups in total. The summed E-state index contributed by atoms with van der Waals surface area (Å²) in [6, 6.07) is 6.45. The number of fused-ring (bicyclic) bond motifs is 3. The molecule has 0 radical (unpaired) electrons. The Hall–Kier alpha value is -2.83. The number of aromatic nitrogens is 2. The monoisotopic (exact) mass is 487 g/mol. The normalized spacial score (nSPS) is 25.7. The van der Waals surface area contributed by atoms with Gasteiger partial charge in [-0.2, -0.15) is 5.10 Å². The number of anilines is 1. The summed E-state index contributed by atoms with van der Waals surface area (Å²) in [6.45, 7) is 8.59. The zero-order valence-electron chi connectivity index (χ0n) is 21.6. The molecule has 2 amide bonds. The molecule has 7 rings (SSSR count). The average Bonchev–Trinajstić information content (AvgIpc) is 3.77. The van der Waals surface area contributed by atoms with E-state index in [1.165, 1.54) is 35.2 Å². The third-order valence-corrected chi connectivity index (χ3v) is 9.80. The predicted molar refractivity (Wildman–Crippen MR) is 138 cm³/mol. The van der Waals surface area contributed by atoms with Crippen molar-refractivity contribution in [3.63, 3.8) is 0 Å². The Labute approximate surface area is 213 Å². The zero-order valence-corrected chi connectivity index (χ0v) is 21.6. The summed E-state index contributed by atoms with van der Waals surface area (Å²) in [6.07, 6.45) is 7.89. The Kier molecular flexibility index (Phi) is 5.03. The van der Waals surface area contributed by atoms with E-state index in [2.05, 4.69) is 41.8 Å². The molecule has 4 fully saturated rings. The maximum Gasteiger partial charge on any atom is 0.275 e. The van der Waals surface area contributed by atoms with Crippen LogP contribution in [-0.4, -0.2) is 69.7 Å². The van der Waals surface area contributed by atoms with Crippen LogP contribution in [0, 0.1) is 19.8 Å². The minimum absolute atomic E-state index is 0.110. The molecule has 1 aromatic carbocycles. The topological polar surface area (TPSA) is 61.7 Å². The molecule has 2 atom stereocenters. The molecule has 2 aromatic rings. The van der Waals surface area contributed by atoms with Gasteiger partial charge in [-0.1, -0.05) is 12.1 Å². The largest absolute Gasteiger partial charge is 0.368 e. The van der Waals surface area contributed by atoms with E-state index in [1.807, 2.05) is 9.58 Å². The van der Waals surface area contributed by atoms with Crippen LogP contribution in [0.1, 0.15) is 77.3 Å². The number of benzene rings is 1. The van der Waals surface area contributed by atoms with Crippen molar-refractivity contribution in [2.45, 2.75) is 76.8 Å². The van der Waals surface area contributed by atoms with Crippen LogP contribution >= 0.6 is 0 Å². The second-order valence-corrected chi connectivity index (χ2v) is 11.9. The SMILES string of the molecule is Cc1cccc(N2CCN(C(=O)Cn3nc(C(=O)N4CCCCC45CC5)c4c3CC3C[C@@H]43)CC2)c1C. The van der Waals surface area contributed by atoms with Gasteiger partial charge >= 0.3 is 0 Å². The van der Waals surface area contributed by atoms with Crippen LogP contribution in [0.5, 0.6) is 0 Å². The van der Waals surface area contributed by atoms with Crippen LogP contribution in [0.4, 0.5) is 5.69 Å². The molecule has 190 valence electrons. The summed E-state index contributed by atoms with van der Waals surface area (Å²) in [4.78, 5) is 33.6. The highest BCUT2D eigenvalue weighted by Crippen LogP contribution is 2.58. The molecule has 2 aliphatic heterocycles.